The zero-order chi connectivity index (χ0) is 33.2. The van der Waals surface area contributed by atoms with Crippen molar-refractivity contribution in [1.82, 2.24) is 10.2 Å². The van der Waals surface area contributed by atoms with Crippen LogP contribution in [0.25, 0.3) is 0 Å². The molecule has 242 valence electrons. The van der Waals surface area contributed by atoms with Gasteiger partial charge in [-0.1, -0.05) is 76.6 Å². The van der Waals surface area contributed by atoms with Gasteiger partial charge in [-0.25, -0.2) is 4.79 Å². The normalized spacial score (nSPS) is 10.8. The Bertz CT molecular complexity index is 1790. The fourth-order valence-electron chi connectivity index (χ4n) is 5.35. The Hall–Kier alpha value is -4.41. The lowest BCUT2D eigenvalue weighted by atomic mass is 10.1. The van der Waals surface area contributed by atoms with E-state index in [1.165, 1.54) is 6.20 Å². The van der Waals surface area contributed by atoms with Crippen LogP contribution in [-0.2, 0) is 26.3 Å². The van der Waals surface area contributed by atoms with E-state index in [1.807, 2.05) is 84.6 Å². The molecule has 0 spiro atoms. The molecule has 1 N–H and O–H groups in total. The highest BCUT2D eigenvalue weighted by molar-refractivity contribution is 9.10. The van der Waals surface area contributed by atoms with E-state index in [4.69, 9.17) is 9.47 Å². The molecule has 0 amide bonds. The maximum atomic E-state index is 12.1. The summed E-state index contributed by atoms with van der Waals surface area (Å²) in [6.07, 6.45) is 1.52. The van der Waals surface area contributed by atoms with Crippen molar-refractivity contribution in [2.24, 2.45) is 0 Å². The molecular formula is C37H36Br2N4O4. The number of anilines is 2. The number of nitrogens with zero attached hydrogens (tertiary/aromatic N) is 4. The number of carboxylic acid groups (broad SMARTS) is 1. The summed E-state index contributed by atoms with van der Waals surface area (Å²) in [7, 11) is 0. The summed E-state index contributed by atoms with van der Waals surface area (Å²) in [5.74, 6) is 0.376. The number of halogens is 2. The Morgan fingerprint density at radius 2 is 1.38 bits per heavy atom. The lowest BCUT2D eigenvalue weighted by molar-refractivity contribution is 0.0690. The van der Waals surface area contributed by atoms with Crippen molar-refractivity contribution in [2.45, 2.75) is 40.2 Å². The van der Waals surface area contributed by atoms with Gasteiger partial charge in [0.05, 0.1) is 17.6 Å². The molecule has 0 saturated heterocycles. The molecule has 0 radical (unpaired) electrons. The van der Waals surface area contributed by atoms with Crippen LogP contribution in [0.1, 0.15) is 46.6 Å². The van der Waals surface area contributed by atoms with Crippen LogP contribution in [0, 0.1) is 0 Å². The van der Waals surface area contributed by atoms with Gasteiger partial charge in [-0.15, -0.1) is 5.10 Å². The van der Waals surface area contributed by atoms with Crippen molar-refractivity contribution in [1.29, 1.82) is 0 Å². The molecule has 47 heavy (non-hydrogen) atoms. The molecule has 0 aliphatic heterocycles. The minimum absolute atomic E-state index is 0.0978. The monoisotopic (exact) mass is 758 g/mol. The third-order valence-electron chi connectivity index (χ3n) is 7.72. The fourth-order valence-corrected chi connectivity index (χ4v) is 6.38. The number of hydrogen-bond donors (Lipinski definition) is 1. The first kappa shape index (κ1) is 33.9. The van der Waals surface area contributed by atoms with Crippen molar-refractivity contribution in [3.8, 4) is 11.5 Å². The lowest BCUT2D eigenvalue weighted by Gasteiger charge is -2.32. The molecule has 0 fully saturated rings. The summed E-state index contributed by atoms with van der Waals surface area (Å²) >= 11 is 7.52. The molecule has 8 nitrogen and oxygen atoms in total. The average molecular weight is 761 g/mol. The number of aromatic carboxylic acids is 1. The first-order valence-corrected chi connectivity index (χ1v) is 16.9. The molecule has 0 aliphatic rings. The molecule has 0 aliphatic carbocycles. The number of carboxylic acids is 1. The van der Waals surface area contributed by atoms with E-state index in [-0.39, 0.29) is 5.69 Å². The van der Waals surface area contributed by atoms with E-state index in [9.17, 15) is 9.90 Å². The van der Waals surface area contributed by atoms with Crippen molar-refractivity contribution >= 4 is 49.2 Å². The molecule has 0 unspecified atom stereocenters. The molecule has 0 saturated carbocycles. The second kappa shape index (κ2) is 16.4. The summed E-state index contributed by atoms with van der Waals surface area (Å²) in [5.41, 5.74) is 5.40. The number of rotatable bonds is 15. The molecule has 4 aromatic carbocycles. The van der Waals surface area contributed by atoms with Gasteiger partial charge >= 0.3 is 5.97 Å². The van der Waals surface area contributed by atoms with Crippen molar-refractivity contribution in [3.05, 3.63) is 140 Å². The highest BCUT2D eigenvalue weighted by Crippen LogP contribution is 2.40. The number of carbonyl (C=O) groups is 1. The van der Waals surface area contributed by atoms with Gasteiger partial charge in [0.25, 0.3) is 0 Å². The Morgan fingerprint density at radius 1 is 0.766 bits per heavy atom. The zero-order valence-electron chi connectivity index (χ0n) is 26.3. The number of aromatic nitrogens is 2. The van der Waals surface area contributed by atoms with Crippen LogP contribution in [0.4, 0.5) is 11.4 Å². The summed E-state index contributed by atoms with van der Waals surface area (Å²) in [5, 5.41) is 17.7. The lowest BCUT2D eigenvalue weighted by Crippen LogP contribution is -2.29. The van der Waals surface area contributed by atoms with Crippen LogP contribution < -0.4 is 19.3 Å². The van der Waals surface area contributed by atoms with Gasteiger partial charge < -0.3 is 24.4 Å². The van der Waals surface area contributed by atoms with Crippen molar-refractivity contribution in [3.63, 3.8) is 0 Å². The van der Waals surface area contributed by atoms with Crippen LogP contribution in [0.2, 0.25) is 0 Å². The number of ether oxygens (including phenoxy) is 2. The van der Waals surface area contributed by atoms with Gasteiger partial charge in [0.2, 0.25) is 0 Å². The summed E-state index contributed by atoms with van der Waals surface area (Å²) in [6.45, 7) is 7.08. The van der Waals surface area contributed by atoms with Gasteiger partial charge in [-0.2, -0.15) is 5.10 Å². The standard InChI is InChI=1S/C37H36Br2N4O4/c1-3-42(32-19-20-40-41-35(32)37(44)45)23-30-34(47-25-27-13-9-6-10-14-27)18-16-31(39)36(30)43(4-2)22-28-21-29(38)15-17-33(28)46-24-26-11-7-5-8-12-26/h5-21H,3-4,22-25H2,1-2H3,(H,44,45). The van der Waals surface area contributed by atoms with Crippen LogP contribution in [0.5, 0.6) is 11.5 Å². The van der Waals surface area contributed by atoms with Crippen molar-refractivity contribution in [2.75, 3.05) is 22.9 Å². The topological polar surface area (TPSA) is 88.0 Å². The van der Waals surface area contributed by atoms with Crippen LogP contribution >= 0.6 is 31.9 Å². The van der Waals surface area contributed by atoms with E-state index in [2.05, 4.69) is 72.1 Å². The minimum atomic E-state index is -1.13. The van der Waals surface area contributed by atoms with E-state index in [0.29, 0.717) is 50.8 Å². The Balaban J connectivity index is 1.55. The SMILES string of the molecule is CCN(Cc1c(OCc2ccccc2)ccc(Br)c1N(CC)Cc1cc(Br)ccc1OCc1ccccc1)c1ccnnc1C(=O)O. The predicted octanol–water partition coefficient (Wildman–Crippen LogP) is 8.91. The fraction of sp³-hybridized carbons (Fsp3) is 0.216. The van der Waals surface area contributed by atoms with Crippen LogP contribution in [0.15, 0.2) is 112 Å². The average Bonchev–Trinajstić information content (AvgIpc) is 3.10. The molecule has 0 bridgehead atoms. The molecule has 10 heteroatoms. The Kier molecular flexibility index (Phi) is 11.9. The number of benzene rings is 4. The summed E-state index contributed by atoms with van der Waals surface area (Å²) < 4.78 is 14.7. The third-order valence-corrected chi connectivity index (χ3v) is 8.85. The quantitative estimate of drug-likeness (QED) is 0.113. The van der Waals surface area contributed by atoms with Gasteiger partial charge in [0.15, 0.2) is 5.69 Å². The highest BCUT2D eigenvalue weighted by atomic mass is 79.9. The Labute approximate surface area is 292 Å². The minimum Gasteiger partial charge on any atom is -0.489 e. The summed E-state index contributed by atoms with van der Waals surface area (Å²) in [4.78, 5) is 16.4. The molecule has 1 heterocycles. The van der Waals surface area contributed by atoms with E-state index in [1.54, 1.807) is 6.07 Å². The summed E-state index contributed by atoms with van der Waals surface area (Å²) in [6, 6.07) is 31.9. The smallest absolute Gasteiger partial charge is 0.358 e. The second-order valence-electron chi connectivity index (χ2n) is 10.8. The van der Waals surface area contributed by atoms with Gasteiger partial charge in [-0.3, -0.25) is 0 Å². The van der Waals surface area contributed by atoms with E-state index < -0.39 is 5.97 Å². The maximum Gasteiger partial charge on any atom is 0.358 e. The molecule has 0 atom stereocenters. The third kappa shape index (κ3) is 8.69. The maximum absolute atomic E-state index is 12.1. The molecule has 5 rings (SSSR count). The van der Waals surface area contributed by atoms with Gasteiger partial charge in [0.1, 0.15) is 24.7 Å². The predicted molar refractivity (Wildman–Crippen MR) is 192 cm³/mol. The zero-order valence-corrected chi connectivity index (χ0v) is 29.4. The van der Waals surface area contributed by atoms with Gasteiger partial charge in [-0.05, 0) is 77.3 Å². The molecule has 5 aromatic rings. The largest absolute Gasteiger partial charge is 0.489 e. The Morgan fingerprint density at radius 3 is 2.00 bits per heavy atom. The van der Waals surface area contributed by atoms with Crippen LogP contribution in [-0.4, -0.2) is 34.4 Å². The van der Waals surface area contributed by atoms with E-state index in [0.717, 1.165) is 42.6 Å². The highest BCUT2D eigenvalue weighted by Gasteiger charge is 2.24. The molecule has 1 aromatic heterocycles. The number of hydrogen-bond acceptors (Lipinski definition) is 7. The van der Waals surface area contributed by atoms with Crippen LogP contribution in [0.3, 0.4) is 0 Å². The van der Waals surface area contributed by atoms with Gasteiger partial charge in [0, 0.05) is 46.3 Å². The first-order valence-electron chi connectivity index (χ1n) is 15.4. The first-order chi connectivity index (χ1) is 22.9. The second-order valence-corrected chi connectivity index (χ2v) is 12.5. The van der Waals surface area contributed by atoms with Crippen molar-refractivity contribution < 1.29 is 19.4 Å². The van der Waals surface area contributed by atoms with E-state index >= 15 is 0 Å². The molecular weight excluding hydrogens is 724 g/mol.